The van der Waals surface area contributed by atoms with Crippen molar-refractivity contribution in [2.75, 3.05) is 0 Å². The normalized spacial score (nSPS) is 12.8. The van der Waals surface area contributed by atoms with Gasteiger partial charge in [-0.2, -0.15) is 0 Å². The molecule has 0 radical (unpaired) electrons. The fourth-order valence-corrected chi connectivity index (χ4v) is 4.26. The van der Waals surface area contributed by atoms with Gasteiger partial charge in [0.1, 0.15) is 6.04 Å². The van der Waals surface area contributed by atoms with Gasteiger partial charge in [-0.25, -0.2) is 0 Å². The molecule has 0 aliphatic rings. The quantitative estimate of drug-likeness (QED) is 0.391. The molecular weight excluding hydrogens is 432 g/mol. The summed E-state index contributed by atoms with van der Waals surface area (Å²) >= 11 is 6.41. The average molecular weight is 465 g/mol. The van der Waals surface area contributed by atoms with Gasteiger partial charge < -0.3 is 10.2 Å². The summed E-state index contributed by atoms with van der Waals surface area (Å²) in [5.74, 6) is -0.161. The Kier molecular flexibility index (Phi) is 8.90. The topological polar surface area (TPSA) is 49.4 Å². The Balaban J connectivity index is 1.84. The minimum atomic E-state index is -0.546. The highest BCUT2D eigenvalue weighted by Crippen LogP contribution is 2.23. The Labute approximate surface area is 201 Å². The van der Waals surface area contributed by atoms with Crippen molar-refractivity contribution in [1.29, 1.82) is 0 Å². The molecule has 1 N–H and O–H groups in total. The maximum atomic E-state index is 13.5. The number of nitrogens with zero attached hydrogens (tertiary/aromatic N) is 1. The minimum absolute atomic E-state index is 0.0472. The Morgan fingerprint density at radius 1 is 0.909 bits per heavy atom. The van der Waals surface area contributed by atoms with E-state index in [1.807, 2.05) is 63.2 Å². The van der Waals surface area contributed by atoms with Crippen molar-refractivity contribution < 1.29 is 9.59 Å². The molecule has 0 aromatic heterocycles. The second kappa shape index (κ2) is 11.9. The molecule has 3 rings (SSSR count). The first-order chi connectivity index (χ1) is 15.9. The number of carbonyl (C=O) groups excluding carboxylic acids is 2. The number of fused-ring (bicyclic) bond motifs is 1. The predicted octanol–water partition coefficient (Wildman–Crippen LogP) is 6.15. The molecule has 0 unspecified atom stereocenters. The standard InChI is InChI=1S/C28H33ClN2O2/c1-4-20(3)30-28(33)26(5-2)31(19-23-12-7-9-16-25(23)29)27(32)18-17-22-14-10-13-21-11-6-8-15-24(21)22/h6-16,20,26H,4-5,17-19H2,1-3H3,(H,30,33)/t20-,26-/m0/s1. The van der Waals surface area contributed by atoms with Gasteiger partial charge in [-0.1, -0.05) is 86.1 Å². The van der Waals surface area contributed by atoms with Crippen molar-refractivity contribution in [3.63, 3.8) is 0 Å². The van der Waals surface area contributed by atoms with E-state index in [0.717, 1.165) is 28.3 Å². The third kappa shape index (κ3) is 6.35. The Bertz CT molecular complexity index is 1090. The predicted molar refractivity (Wildman–Crippen MR) is 136 cm³/mol. The van der Waals surface area contributed by atoms with Gasteiger partial charge in [0.15, 0.2) is 0 Å². The van der Waals surface area contributed by atoms with Gasteiger partial charge >= 0.3 is 0 Å². The lowest BCUT2D eigenvalue weighted by Crippen LogP contribution is -2.50. The molecule has 5 heteroatoms. The lowest BCUT2D eigenvalue weighted by molar-refractivity contribution is -0.141. The van der Waals surface area contributed by atoms with Crippen LogP contribution < -0.4 is 5.32 Å². The second-order valence-electron chi connectivity index (χ2n) is 8.49. The highest BCUT2D eigenvalue weighted by molar-refractivity contribution is 6.31. The van der Waals surface area contributed by atoms with Crippen molar-refractivity contribution in [2.45, 2.75) is 65.1 Å². The van der Waals surface area contributed by atoms with Crippen LogP contribution in [-0.2, 0) is 22.6 Å². The molecule has 0 fully saturated rings. The molecule has 0 aliphatic carbocycles. The van der Waals surface area contributed by atoms with E-state index < -0.39 is 6.04 Å². The van der Waals surface area contributed by atoms with Crippen molar-refractivity contribution >= 4 is 34.2 Å². The molecule has 0 saturated heterocycles. The zero-order valence-electron chi connectivity index (χ0n) is 19.7. The number of hydrogen-bond acceptors (Lipinski definition) is 2. The molecule has 174 valence electrons. The third-order valence-corrected chi connectivity index (χ3v) is 6.54. The monoisotopic (exact) mass is 464 g/mol. The Hall–Kier alpha value is -2.85. The molecule has 0 spiro atoms. The minimum Gasteiger partial charge on any atom is -0.352 e. The molecule has 33 heavy (non-hydrogen) atoms. The summed E-state index contributed by atoms with van der Waals surface area (Å²) in [4.78, 5) is 28.3. The van der Waals surface area contributed by atoms with Gasteiger partial charge in [-0.3, -0.25) is 9.59 Å². The van der Waals surface area contributed by atoms with E-state index in [0.29, 0.717) is 30.8 Å². The fourth-order valence-electron chi connectivity index (χ4n) is 4.07. The first-order valence-corrected chi connectivity index (χ1v) is 12.1. The largest absolute Gasteiger partial charge is 0.352 e. The Morgan fingerprint density at radius 2 is 1.58 bits per heavy atom. The van der Waals surface area contributed by atoms with Gasteiger partial charge in [-0.05, 0) is 54.2 Å². The maximum Gasteiger partial charge on any atom is 0.243 e. The highest BCUT2D eigenvalue weighted by Gasteiger charge is 2.29. The van der Waals surface area contributed by atoms with E-state index in [1.54, 1.807) is 4.90 Å². The molecule has 3 aromatic carbocycles. The lowest BCUT2D eigenvalue weighted by Gasteiger charge is -2.32. The van der Waals surface area contributed by atoms with Crippen molar-refractivity contribution in [3.05, 3.63) is 82.9 Å². The van der Waals surface area contributed by atoms with Gasteiger partial charge in [0.2, 0.25) is 11.8 Å². The zero-order chi connectivity index (χ0) is 23.8. The first kappa shape index (κ1) is 24.8. The van der Waals surface area contributed by atoms with Crippen LogP contribution in [-0.4, -0.2) is 28.8 Å². The van der Waals surface area contributed by atoms with Gasteiger partial charge in [0.25, 0.3) is 0 Å². The molecule has 2 atom stereocenters. The van der Waals surface area contributed by atoms with E-state index in [9.17, 15) is 9.59 Å². The summed E-state index contributed by atoms with van der Waals surface area (Å²) in [5.41, 5.74) is 1.98. The number of nitrogens with one attached hydrogen (secondary N) is 1. The number of halogens is 1. The van der Waals surface area contributed by atoms with Gasteiger partial charge in [0, 0.05) is 24.0 Å². The molecule has 0 heterocycles. The molecule has 2 amide bonds. The summed E-state index contributed by atoms with van der Waals surface area (Å²) in [6, 6.07) is 21.4. The van der Waals surface area contributed by atoms with Crippen LogP contribution in [0.3, 0.4) is 0 Å². The molecule has 0 saturated carbocycles. The molecule has 3 aromatic rings. The van der Waals surface area contributed by atoms with Crippen LogP contribution in [0.4, 0.5) is 0 Å². The zero-order valence-corrected chi connectivity index (χ0v) is 20.4. The number of rotatable bonds is 10. The lowest BCUT2D eigenvalue weighted by atomic mass is 10.00. The molecule has 4 nitrogen and oxygen atoms in total. The summed E-state index contributed by atoms with van der Waals surface area (Å²) in [7, 11) is 0. The second-order valence-corrected chi connectivity index (χ2v) is 8.90. The SMILES string of the molecule is CC[C@H](C)NC(=O)[C@H](CC)N(Cc1ccccc1Cl)C(=O)CCc1cccc2ccccc12. The summed E-state index contributed by atoms with van der Waals surface area (Å²) < 4.78 is 0. The molecular formula is C28H33ClN2O2. The number of hydrogen-bond donors (Lipinski definition) is 1. The van der Waals surface area contributed by atoms with E-state index in [-0.39, 0.29) is 17.9 Å². The van der Waals surface area contributed by atoms with Crippen LogP contribution in [0.1, 0.15) is 51.2 Å². The van der Waals surface area contributed by atoms with Crippen LogP contribution in [0, 0.1) is 0 Å². The van der Waals surface area contributed by atoms with Crippen LogP contribution in [0.15, 0.2) is 66.7 Å². The maximum absolute atomic E-state index is 13.5. The average Bonchev–Trinajstić information content (AvgIpc) is 2.83. The molecule has 0 bridgehead atoms. The van der Waals surface area contributed by atoms with Crippen molar-refractivity contribution in [1.82, 2.24) is 10.2 Å². The van der Waals surface area contributed by atoms with Crippen LogP contribution in [0.2, 0.25) is 5.02 Å². The van der Waals surface area contributed by atoms with Crippen LogP contribution in [0.5, 0.6) is 0 Å². The van der Waals surface area contributed by atoms with E-state index >= 15 is 0 Å². The Morgan fingerprint density at radius 3 is 2.30 bits per heavy atom. The fraction of sp³-hybridized carbons (Fsp3) is 0.357. The number of carbonyl (C=O) groups is 2. The van der Waals surface area contributed by atoms with Crippen LogP contribution in [0.25, 0.3) is 10.8 Å². The summed E-state index contributed by atoms with van der Waals surface area (Å²) in [6.45, 7) is 6.26. The highest BCUT2D eigenvalue weighted by atomic mass is 35.5. The molecule has 0 aliphatic heterocycles. The summed E-state index contributed by atoms with van der Waals surface area (Å²) in [6.07, 6.45) is 2.31. The van der Waals surface area contributed by atoms with Crippen LogP contribution >= 0.6 is 11.6 Å². The van der Waals surface area contributed by atoms with Gasteiger partial charge in [-0.15, -0.1) is 0 Å². The van der Waals surface area contributed by atoms with Crippen molar-refractivity contribution in [2.24, 2.45) is 0 Å². The van der Waals surface area contributed by atoms with E-state index in [1.165, 1.54) is 0 Å². The van der Waals surface area contributed by atoms with E-state index in [4.69, 9.17) is 11.6 Å². The smallest absolute Gasteiger partial charge is 0.243 e. The summed E-state index contributed by atoms with van der Waals surface area (Å²) in [5, 5.41) is 5.97. The first-order valence-electron chi connectivity index (χ1n) is 11.7. The number of benzene rings is 3. The van der Waals surface area contributed by atoms with Crippen molar-refractivity contribution in [3.8, 4) is 0 Å². The third-order valence-electron chi connectivity index (χ3n) is 6.17. The van der Waals surface area contributed by atoms with E-state index in [2.05, 4.69) is 29.6 Å². The number of amides is 2. The number of aryl methyl sites for hydroxylation is 1. The van der Waals surface area contributed by atoms with Gasteiger partial charge in [0.05, 0.1) is 0 Å².